The van der Waals surface area contributed by atoms with Crippen molar-refractivity contribution in [1.82, 2.24) is 4.90 Å². The topological polar surface area (TPSA) is 56.1 Å². The normalized spacial score (nSPS) is 15.7. The van der Waals surface area contributed by atoms with E-state index in [2.05, 4.69) is 5.32 Å². The smallest absolute Gasteiger partial charge is 0.267 e. The number of nitrogens with one attached hydrogen (secondary N) is 1. The standard InChI is InChI=1S/C20H27N3O/c1-14-10-15(2)19(16(3)11-14)22-20(24)17(12-21)13-23(4)18-8-6-5-7-9-18/h10-11,13,18H,5-9H2,1-4H3,(H,22,24)/b17-13-. The van der Waals surface area contributed by atoms with Gasteiger partial charge in [0.15, 0.2) is 0 Å². The van der Waals surface area contributed by atoms with Gasteiger partial charge in [0.1, 0.15) is 11.6 Å². The summed E-state index contributed by atoms with van der Waals surface area (Å²) >= 11 is 0. The van der Waals surface area contributed by atoms with E-state index < -0.39 is 0 Å². The number of benzene rings is 1. The van der Waals surface area contributed by atoms with Gasteiger partial charge in [-0.3, -0.25) is 4.79 Å². The fourth-order valence-corrected chi connectivity index (χ4v) is 3.49. The highest BCUT2D eigenvalue weighted by atomic mass is 16.1. The average molecular weight is 325 g/mol. The predicted molar refractivity (Wildman–Crippen MR) is 97.6 cm³/mol. The van der Waals surface area contributed by atoms with Crippen molar-refractivity contribution in [2.45, 2.75) is 58.9 Å². The summed E-state index contributed by atoms with van der Waals surface area (Å²) in [5, 5.41) is 12.3. The van der Waals surface area contributed by atoms with Gasteiger partial charge in [0, 0.05) is 25.0 Å². The molecule has 0 aromatic heterocycles. The molecular formula is C20H27N3O. The van der Waals surface area contributed by atoms with Crippen LogP contribution in [-0.2, 0) is 4.79 Å². The molecule has 0 atom stereocenters. The maximum Gasteiger partial charge on any atom is 0.267 e. The minimum Gasteiger partial charge on any atom is -0.376 e. The summed E-state index contributed by atoms with van der Waals surface area (Å²) < 4.78 is 0. The number of aryl methyl sites for hydroxylation is 3. The summed E-state index contributed by atoms with van der Waals surface area (Å²) in [4.78, 5) is 14.6. The zero-order chi connectivity index (χ0) is 17.7. The van der Waals surface area contributed by atoms with Gasteiger partial charge >= 0.3 is 0 Å². The number of carbonyl (C=O) groups is 1. The second-order valence-corrected chi connectivity index (χ2v) is 6.84. The SMILES string of the molecule is Cc1cc(C)c(NC(=O)/C(C#N)=C\N(C)C2CCCCC2)c(C)c1. The lowest BCUT2D eigenvalue weighted by molar-refractivity contribution is -0.112. The van der Waals surface area contributed by atoms with Crippen molar-refractivity contribution in [1.29, 1.82) is 5.26 Å². The molecule has 0 bridgehead atoms. The summed E-state index contributed by atoms with van der Waals surface area (Å²) in [6.07, 6.45) is 7.68. The number of anilines is 1. The minimum atomic E-state index is -0.338. The summed E-state index contributed by atoms with van der Waals surface area (Å²) in [7, 11) is 1.96. The van der Waals surface area contributed by atoms with E-state index in [9.17, 15) is 10.1 Å². The van der Waals surface area contributed by atoms with Crippen molar-refractivity contribution in [3.8, 4) is 6.07 Å². The number of carbonyl (C=O) groups excluding carboxylic acids is 1. The van der Waals surface area contributed by atoms with Crippen molar-refractivity contribution in [3.05, 3.63) is 40.6 Å². The molecule has 1 amide bonds. The summed E-state index contributed by atoms with van der Waals surface area (Å²) in [5.74, 6) is -0.338. The van der Waals surface area contributed by atoms with Crippen LogP contribution in [0.25, 0.3) is 0 Å². The molecule has 4 nitrogen and oxygen atoms in total. The number of nitriles is 1. The first-order valence-electron chi connectivity index (χ1n) is 8.65. The second-order valence-electron chi connectivity index (χ2n) is 6.84. The first-order chi connectivity index (χ1) is 11.4. The molecule has 1 aliphatic rings. The van der Waals surface area contributed by atoms with Crippen LogP contribution >= 0.6 is 0 Å². The highest BCUT2D eigenvalue weighted by molar-refractivity contribution is 6.07. The van der Waals surface area contributed by atoms with Crippen molar-refractivity contribution < 1.29 is 4.79 Å². The number of rotatable bonds is 4. The summed E-state index contributed by atoms with van der Waals surface area (Å²) in [6.45, 7) is 5.98. The molecule has 1 fully saturated rings. The number of nitrogens with zero attached hydrogens (tertiary/aromatic N) is 2. The fourth-order valence-electron chi connectivity index (χ4n) is 3.49. The van der Waals surface area contributed by atoms with E-state index in [1.807, 2.05) is 50.9 Å². The lowest BCUT2D eigenvalue weighted by Gasteiger charge is -2.30. The molecule has 128 valence electrons. The Bertz CT molecular complexity index is 656. The van der Waals surface area contributed by atoms with E-state index in [-0.39, 0.29) is 11.5 Å². The number of amides is 1. The van der Waals surface area contributed by atoms with E-state index in [1.54, 1.807) is 6.20 Å². The van der Waals surface area contributed by atoms with Crippen LogP contribution in [0, 0.1) is 32.1 Å². The van der Waals surface area contributed by atoms with Gasteiger partial charge in [-0.25, -0.2) is 0 Å². The van der Waals surface area contributed by atoms with Crippen molar-refractivity contribution in [2.75, 3.05) is 12.4 Å². The zero-order valence-corrected chi connectivity index (χ0v) is 15.1. The van der Waals surface area contributed by atoms with Crippen LogP contribution < -0.4 is 5.32 Å². The van der Waals surface area contributed by atoms with Crippen LogP contribution in [0.2, 0.25) is 0 Å². The average Bonchev–Trinajstić information content (AvgIpc) is 2.56. The number of hydrogen-bond donors (Lipinski definition) is 1. The van der Waals surface area contributed by atoms with Crippen molar-refractivity contribution in [3.63, 3.8) is 0 Å². The van der Waals surface area contributed by atoms with Crippen LogP contribution in [0.3, 0.4) is 0 Å². The van der Waals surface area contributed by atoms with Gasteiger partial charge in [0.2, 0.25) is 0 Å². The Balaban J connectivity index is 2.14. The Morgan fingerprint density at radius 1 is 1.21 bits per heavy atom. The third kappa shape index (κ3) is 4.38. The van der Waals surface area contributed by atoms with Gasteiger partial charge in [-0.15, -0.1) is 0 Å². The predicted octanol–water partition coefficient (Wildman–Crippen LogP) is 4.22. The minimum absolute atomic E-state index is 0.155. The van der Waals surface area contributed by atoms with Gasteiger partial charge in [0.25, 0.3) is 5.91 Å². The van der Waals surface area contributed by atoms with Crippen LogP contribution in [0.5, 0.6) is 0 Å². The van der Waals surface area contributed by atoms with Crippen molar-refractivity contribution >= 4 is 11.6 Å². The van der Waals surface area contributed by atoms with E-state index in [4.69, 9.17) is 0 Å². The molecule has 0 unspecified atom stereocenters. The highest BCUT2D eigenvalue weighted by Gasteiger charge is 2.19. The van der Waals surface area contributed by atoms with Crippen LogP contribution in [0.1, 0.15) is 48.8 Å². The molecule has 1 N–H and O–H groups in total. The molecule has 0 spiro atoms. The maximum atomic E-state index is 12.5. The third-order valence-electron chi connectivity index (χ3n) is 4.76. The molecular weight excluding hydrogens is 298 g/mol. The molecule has 0 saturated heterocycles. The van der Waals surface area contributed by atoms with Gasteiger partial charge in [-0.2, -0.15) is 5.26 Å². The molecule has 1 aromatic carbocycles. The monoisotopic (exact) mass is 325 g/mol. The molecule has 24 heavy (non-hydrogen) atoms. The van der Waals surface area contributed by atoms with E-state index >= 15 is 0 Å². The van der Waals surface area contributed by atoms with Gasteiger partial charge in [0.05, 0.1) is 0 Å². The lowest BCUT2D eigenvalue weighted by Crippen LogP contribution is -2.30. The lowest BCUT2D eigenvalue weighted by atomic mass is 9.94. The van der Waals surface area contributed by atoms with E-state index in [0.29, 0.717) is 6.04 Å². The molecule has 1 aromatic rings. The number of hydrogen-bond acceptors (Lipinski definition) is 3. The summed E-state index contributed by atoms with van der Waals surface area (Å²) in [6, 6.07) is 6.55. The first-order valence-corrected chi connectivity index (χ1v) is 8.65. The van der Waals surface area contributed by atoms with Crippen LogP contribution in [-0.4, -0.2) is 23.9 Å². The van der Waals surface area contributed by atoms with Gasteiger partial charge < -0.3 is 10.2 Å². The molecule has 0 aliphatic heterocycles. The van der Waals surface area contributed by atoms with Gasteiger partial charge in [-0.05, 0) is 44.7 Å². The summed E-state index contributed by atoms with van der Waals surface area (Å²) in [5.41, 5.74) is 4.14. The largest absolute Gasteiger partial charge is 0.376 e. The molecule has 1 aliphatic carbocycles. The highest BCUT2D eigenvalue weighted by Crippen LogP contribution is 2.24. The Kier molecular flexibility index (Phi) is 6.03. The Morgan fingerprint density at radius 2 is 1.79 bits per heavy atom. The molecule has 4 heteroatoms. The second kappa shape index (κ2) is 8.01. The quantitative estimate of drug-likeness (QED) is 0.666. The molecule has 2 rings (SSSR count). The van der Waals surface area contributed by atoms with E-state index in [0.717, 1.165) is 35.2 Å². The molecule has 1 saturated carbocycles. The van der Waals surface area contributed by atoms with E-state index in [1.165, 1.54) is 19.3 Å². The van der Waals surface area contributed by atoms with Crippen LogP contribution in [0.15, 0.2) is 23.9 Å². The molecule has 0 radical (unpaired) electrons. The fraction of sp³-hybridized carbons (Fsp3) is 0.500. The Hall–Kier alpha value is -2.28. The molecule has 0 heterocycles. The van der Waals surface area contributed by atoms with Gasteiger partial charge in [-0.1, -0.05) is 37.0 Å². The first kappa shape index (κ1) is 18.1. The maximum absolute atomic E-state index is 12.5. The Morgan fingerprint density at radius 3 is 2.33 bits per heavy atom. The van der Waals surface area contributed by atoms with Crippen LogP contribution in [0.4, 0.5) is 5.69 Å². The Labute approximate surface area is 145 Å². The third-order valence-corrected chi connectivity index (χ3v) is 4.76. The zero-order valence-electron chi connectivity index (χ0n) is 15.1. The van der Waals surface area contributed by atoms with Crippen molar-refractivity contribution in [2.24, 2.45) is 0 Å².